The van der Waals surface area contributed by atoms with Gasteiger partial charge in [0.1, 0.15) is 0 Å². The molecule has 0 aliphatic heterocycles. The van der Waals surface area contributed by atoms with Gasteiger partial charge < -0.3 is 5.73 Å². The third kappa shape index (κ3) is 2.53. The Morgan fingerprint density at radius 2 is 1.88 bits per heavy atom. The summed E-state index contributed by atoms with van der Waals surface area (Å²) < 4.78 is 0. The second-order valence-corrected chi connectivity index (χ2v) is 2.56. The van der Waals surface area contributed by atoms with E-state index >= 15 is 0 Å². The highest BCUT2D eigenvalue weighted by Crippen LogP contribution is 2.06. The maximum atomic E-state index is 5.79. The van der Waals surface area contributed by atoms with Gasteiger partial charge in [-0.05, 0) is 12.8 Å². The van der Waals surface area contributed by atoms with Gasteiger partial charge in [0.15, 0.2) is 0 Å². The third-order valence-electron chi connectivity index (χ3n) is 1.33. The van der Waals surface area contributed by atoms with Crippen LogP contribution in [0.15, 0.2) is 0 Å². The average Bonchev–Trinajstić information content (AvgIpc) is 1.84. The molecule has 0 bridgehead atoms. The number of hydrogen-bond acceptors (Lipinski definition) is 1. The maximum absolute atomic E-state index is 5.79. The predicted octanol–water partition coefficient (Wildman–Crippen LogP) is 1.74. The molecule has 0 aromatic rings. The van der Waals surface area contributed by atoms with E-state index in [0.29, 0.717) is 0 Å². The summed E-state index contributed by atoms with van der Waals surface area (Å²) in [4.78, 5) is 0. The molecule has 0 heterocycles. The Bertz CT molecular complexity index is 48.5. The van der Waals surface area contributed by atoms with E-state index in [1.165, 1.54) is 0 Å². The molecule has 1 nitrogen and oxygen atoms in total. The average molecular weight is 136 g/mol. The summed E-state index contributed by atoms with van der Waals surface area (Å²) in [6, 6.07) is 0.182. The van der Waals surface area contributed by atoms with Gasteiger partial charge in [-0.3, -0.25) is 0 Å². The van der Waals surface area contributed by atoms with Crippen molar-refractivity contribution in [1.82, 2.24) is 0 Å². The zero-order valence-electron chi connectivity index (χ0n) is 5.52. The van der Waals surface area contributed by atoms with Crippen LogP contribution in [0.3, 0.4) is 0 Å². The maximum Gasteiger partial charge on any atom is 0.0484 e. The fourth-order valence-corrected chi connectivity index (χ4v) is 0.737. The monoisotopic (exact) mass is 135 g/mol. The van der Waals surface area contributed by atoms with Gasteiger partial charge in [0.2, 0.25) is 0 Å². The molecule has 0 aliphatic carbocycles. The Hall–Kier alpha value is 0.250. The minimum atomic E-state index is 0.167. The summed E-state index contributed by atoms with van der Waals surface area (Å²) in [6.45, 7) is 4.10. The number of rotatable bonds is 3. The van der Waals surface area contributed by atoms with Crippen LogP contribution in [0.1, 0.15) is 26.7 Å². The second-order valence-electron chi connectivity index (χ2n) is 2.00. The van der Waals surface area contributed by atoms with Crippen molar-refractivity contribution in [2.45, 2.75) is 38.1 Å². The van der Waals surface area contributed by atoms with Crippen molar-refractivity contribution in [3.8, 4) is 0 Å². The van der Waals surface area contributed by atoms with E-state index in [-0.39, 0.29) is 11.4 Å². The number of alkyl halides is 1. The van der Waals surface area contributed by atoms with E-state index in [9.17, 15) is 0 Å². The van der Waals surface area contributed by atoms with E-state index in [2.05, 4.69) is 6.92 Å². The van der Waals surface area contributed by atoms with Crippen molar-refractivity contribution in [1.29, 1.82) is 0 Å². The fourth-order valence-electron chi connectivity index (χ4n) is 0.559. The van der Waals surface area contributed by atoms with Crippen LogP contribution in [0.4, 0.5) is 0 Å². The Kier molecular flexibility index (Phi) is 4.29. The lowest BCUT2D eigenvalue weighted by atomic mass is 10.1. The molecular weight excluding hydrogens is 122 g/mol. The highest BCUT2D eigenvalue weighted by Gasteiger charge is 2.08. The summed E-state index contributed by atoms with van der Waals surface area (Å²) in [5, 5.41) is 0.167. The smallest absolute Gasteiger partial charge is 0.0484 e. The van der Waals surface area contributed by atoms with E-state index < -0.39 is 0 Å². The Balaban J connectivity index is 3.29. The van der Waals surface area contributed by atoms with Crippen LogP contribution in [0.25, 0.3) is 0 Å². The first-order valence-electron chi connectivity index (χ1n) is 3.12. The minimum absolute atomic E-state index is 0.167. The zero-order chi connectivity index (χ0) is 6.57. The van der Waals surface area contributed by atoms with Crippen LogP contribution in [0, 0.1) is 0 Å². The van der Waals surface area contributed by atoms with Crippen LogP contribution in [-0.2, 0) is 0 Å². The van der Waals surface area contributed by atoms with Gasteiger partial charge in [-0.25, -0.2) is 0 Å². The number of nitrogens with two attached hydrogens (primary N) is 1. The third-order valence-corrected chi connectivity index (χ3v) is 1.96. The van der Waals surface area contributed by atoms with Crippen molar-refractivity contribution < 1.29 is 0 Å². The van der Waals surface area contributed by atoms with Crippen LogP contribution >= 0.6 is 11.6 Å². The van der Waals surface area contributed by atoms with Crippen LogP contribution in [-0.4, -0.2) is 11.4 Å². The first kappa shape index (κ1) is 8.25. The van der Waals surface area contributed by atoms with Crippen molar-refractivity contribution in [2.24, 2.45) is 5.73 Å². The predicted molar refractivity (Wildman–Crippen MR) is 38.2 cm³/mol. The summed E-state index contributed by atoms with van der Waals surface area (Å²) in [6.07, 6.45) is 1.94. The highest BCUT2D eigenvalue weighted by atomic mass is 35.5. The van der Waals surface area contributed by atoms with Crippen molar-refractivity contribution >= 4 is 11.6 Å². The SMILES string of the molecule is CC[C@@H](Cl)[C@@H](N)CC. The normalized spacial score (nSPS) is 18.0. The summed E-state index contributed by atoms with van der Waals surface area (Å²) >= 11 is 5.79. The minimum Gasteiger partial charge on any atom is -0.326 e. The molecule has 0 spiro atoms. The molecule has 0 aromatic heterocycles. The van der Waals surface area contributed by atoms with Gasteiger partial charge in [-0.15, -0.1) is 11.6 Å². The molecule has 0 saturated carbocycles. The van der Waals surface area contributed by atoms with Gasteiger partial charge in [-0.1, -0.05) is 13.8 Å². The lowest BCUT2D eigenvalue weighted by Crippen LogP contribution is -2.29. The van der Waals surface area contributed by atoms with Crippen LogP contribution < -0.4 is 5.73 Å². The van der Waals surface area contributed by atoms with Gasteiger partial charge in [0.25, 0.3) is 0 Å². The van der Waals surface area contributed by atoms with Crippen LogP contribution in [0.2, 0.25) is 0 Å². The lowest BCUT2D eigenvalue weighted by Gasteiger charge is -2.12. The Morgan fingerprint density at radius 3 is 2.00 bits per heavy atom. The molecule has 0 unspecified atom stereocenters. The molecule has 0 rings (SSSR count). The van der Waals surface area contributed by atoms with Gasteiger partial charge in [-0.2, -0.15) is 0 Å². The standard InChI is InChI=1S/C6H14ClN/c1-3-5(7)6(8)4-2/h5-6H,3-4,8H2,1-2H3/t5-,6+/m1/s1. The highest BCUT2D eigenvalue weighted by molar-refractivity contribution is 6.21. The zero-order valence-corrected chi connectivity index (χ0v) is 6.28. The van der Waals surface area contributed by atoms with Crippen molar-refractivity contribution in [3.63, 3.8) is 0 Å². The van der Waals surface area contributed by atoms with E-state index in [1.54, 1.807) is 0 Å². The summed E-state index contributed by atoms with van der Waals surface area (Å²) in [5.41, 5.74) is 5.60. The number of halogens is 1. The molecule has 0 radical (unpaired) electrons. The van der Waals surface area contributed by atoms with Gasteiger partial charge in [0.05, 0.1) is 0 Å². The molecule has 2 heteroatoms. The van der Waals surface area contributed by atoms with Crippen molar-refractivity contribution in [3.05, 3.63) is 0 Å². The van der Waals surface area contributed by atoms with Crippen molar-refractivity contribution in [2.75, 3.05) is 0 Å². The molecule has 0 amide bonds. The number of hydrogen-bond donors (Lipinski definition) is 1. The van der Waals surface area contributed by atoms with E-state index in [0.717, 1.165) is 12.8 Å². The molecule has 0 saturated heterocycles. The molecule has 0 fully saturated rings. The molecule has 2 atom stereocenters. The Labute approximate surface area is 56.2 Å². The fraction of sp³-hybridized carbons (Fsp3) is 1.00. The summed E-state index contributed by atoms with van der Waals surface area (Å²) in [7, 11) is 0. The summed E-state index contributed by atoms with van der Waals surface area (Å²) in [5.74, 6) is 0. The molecule has 8 heavy (non-hydrogen) atoms. The second kappa shape index (κ2) is 4.16. The van der Waals surface area contributed by atoms with E-state index in [4.69, 9.17) is 17.3 Å². The van der Waals surface area contributed by atoms with E-state index in [1.807, 2.05) is 6.92 Å². The molecule has 0 aromatic carbocycles. The van der Waals surface area contributed by atoms with Gasteiger partial charge in [0, 0.05) is 11.4 Å². The molecule has 2 N–H and O–H groups in total. The quantitative estimate of drug-likeness (QED) is 0.587. The first-order chi connectivity index (χ1) is 3.72. The van der Waals surface area contributed by atoms with Crippen LogP contribution in [0.5, 0.6) is 0 Å². The largest absolute Gasteiger partial charge is 0.326 e. The topological polar surface area (TPSA) is 26.0 Å². The molecular formula is C6H14ClN. The Morgan fingerprint density at radius 1 is 1.38 bits per heavy atom. The van der Waals surface area contributed by atoms with Gasteiger partial charge >= 0.3 is 0 Å². The molecule has 50 valence electrons. The first-order valence-corrected chi connectivity index (χ1v) is 3.55. The lowest BCUT2D eigenvalue weighted by molar-refractivity contribution is 0.595. The molecule has 0 aliphatic rings.